The zero-order valence-corrected chi connectivity index (χ0v) is 21.9. The van der Waals surface area contributed by atoms with Gasteiger partial charge in [0.25, 0.3) is 0 Å². The lowest BCUT2D eigenvalue weighted by atomic mass is 9.78. The van der Waals surface area contributed by atoms with Crippen LogP contribution in [-0.2, 0) is 14.4 Å². The molecule has 0 aromatic heterocycles. The van der Waals surface area contributed by atoms with Gasteiger partial charge in [-0.05, 0) is 51.1 Å². The number of amides is 2. The van der Waals surface area contributed by atoms with Crippen molar-refractivity contribution >= 4 is 17.6 Å². The van der Waals surface area contributed by atoms with Crippen LogP contribution >= 0.6 is 0 Å². The van der Waals surface area contributed by atoms with E-state index in [1.807, 2.05) is 34.7 Å². The molecule has 0 aliphatic rings. The minimum atomic E-state index is -0.519. The topological polar surface area (TPSA) is 69.7 Å². The fourth-order valence-electron chi connectivity index (χ4n) is 3.95. The van der Waals surface area contributed by atoms with E-state index in [9.17, 15) is 14.4 Å². The highest BCUT2D eigenvalue weighted by molar-refractivity contribution is 5.90. The van der Waals surface area contributed by atoms with Crippen LogP contribution in [0.1, 0.15) is 87.0 Å². The van der Waals surface area contributed by atoms with E-state index in [4.69, 9.17) is 0 Å². The van der Waals surface area contributed by atoms with Crippen molar-refractivity contribution in [2.75, 3.05) is 27.7 Å². The number of Topliss-reactive ketones (excluding diaryl/α,β-unsaturated/α-hetero) is 1. The van der Waals surface area contributed by atoms with E-state index in [-0.39, 0.29) is 35.1 Å². The summed E-state index contributed by atoms with van der Waals surface area (Å²) < 4.78 is 0. The van der Waals surface area contributed by atoms with Crippen molar-refractivity contribution in [1.29, 1.82) is 0 Å². The van der Waals surface area contributed by atoms with E-state index in [1.54, 1.807) is 14.1 Å². The van der Waals surface area contributed by atoms with Gasteiger partial charge in [0.2, 0.25) is 11.8 Å². The molecular formula is C25H49N3O3. The fourth-order valence-corrected chi connectivity index (χ4v) is 3.95. The molecule has 0 aliphatic heterocycles. The Labute approximate surface area is 191 Å². The van der Waals surface area contributed by atoms with Crippen LogP contribution in [-0.4, -0.2) is 67.2 Å². The molecule has 1 N–H and O–H groups in total. The molecule has 0 aliphatic carbocycles. The van der Waals surface area contributed by atoms with Crippen molar-refractivity contribution in [3.63, 3.8) is 0 Å². The van der Waals surface area contributed by atoms with Crippen LogP contribution in [0.15, 0.2) is 0 Å². The van der Waals surface area contributed by atoms with Crippen LogP contribution in [0.4, 0.5) is 0 Å². The molecule has 0 aromatic carbocycles. The lowest BCUT2D eigenvalue weighted by Gasteiger charge is -2.33. The maximum absolute atomic E-state index is 13.1. The molecule has 0 rings (SSSR count). The first-order chi connectivity index (χ1) is 14.3. The lowest BCUT2D eigenvalue weighted by Crippen LogP contribution is -2.56. The Hall–Kier alpha value is -1.43. The predicted molar refractivity (Wildman–Crippen MR) is 129 cm³/mol. The Kier molecular flexibility index (Phi) is 13.2. The summed E-state index contributed by atoms with van der Waals surface area (Å²) in [7, 11) is 5.40. The Morgan fingerprint density at radius 1 is 0.871 bits per heavy atom. The number of rotatable bonds is 15. The van der Waals surface area contributed by atoms with Gasteiger partial charge in [0.1, 0.15) is 11.8 Å². The summed E-state index contributed by atoms with van der Waals surface area (Å²) in [5, 5.41) is 2.99. The van der Waals surface area contributed by atoms with Crippen LogP contribution in [0.2, 0.25) is 0 Å². The molecule has 0 bridgehead atoms. The third-order valence-electron chi connectivity index (χ3n) is 6.69. The second-order valence-corrected chi connectivity index (χ2v) is 10.1. The highest BCUT2D eigenvalue weighted by Crippen LogP contribution is 2.28. The van der Waals surface area contributed by atoms with E-state index in [2.05, 4.69) is 31.0 Å². The van der Waals surface area contributed by atoms with E-state index in [1.165, 1.54) is 4.90 Å². The van der Waals surface area contributed by atoms with Crippen molar-refractivity contribution in [3.05, 3.63) is 0 Å². The van der Waals surface area contributed by atoms with E-state index in [0.29, 0.717) is 12.2 Å². The molecule has 6 nitrogen and oxygen atoms in total. The van der Waals surface area contributed by atoms with E-state index < -0.39 is 6.04 Å². The number of carbonyl (C=O) groups is 3. The average molecular weight is 440 g/mol. The van der Waals surface area contributed by atoms with Gasteiger partial charge in [-0.3, -0.25) is 19.3 Å². The molecule has 6 heteroatoms. The van der Waals surface area contributed by atoms with Crippen molar-refractivity contribution in [2.24, 2.45) is 17.3 Å². The highest BCUT2D eigenvalue weighted by atomic mass is 16.2. The first kappa shape index (κ1) is 29.6. The minimum absolute atomic E-state index is 0.0198. The molecule has 31 heavy (non-hydrogen) atoms. The lowest BCUT2D eigenvalue weighted by molar-refractivity contribution is -0.137. The molecule has 2 amide bonds. The molecule has 0 fully saturated rings. The van der Waals surface area contributed by atoms with Gasteiger partial charge in [0.05, 0.1) is 6.04 Å². The molecule has 0 radical (unpaired) electrons. The zero-order valence-electron chi connectivity index (χ0n) is 21.9. The van der Waals surface area contributed by atoms with Gasteiger partial charge < -0.3 is 10.2 Å². The van der Waals surface area contributed by atoms with Crippen molar-refractivity contribution in [2.45, 2.75) is 99.1 Å². The first-order valence-corrected chi connectivity index (χ1v) is 12.1. The number of nitrogens with zero attached hydrogens (tertiary/aromatic N) is 2. The summed E-state index contributed by atoms with van der Waals surface area (Å²) in [6.45, 7) is 15.0. The third kappa shape index (κ3) is 9.30. The van der Waals surface area contributed by atoms with Crippen LogP contribution in [0.3, 0.4) is 0 Å². The minimum Gasteiger partial charge on any atom is -0.347 e. The number of hydrogen-bond acceptors (Lipinski definition) is 4. The SMILES string of the molecule is CCC(C)(CC)C(=O)CCCCCN(C)C(C(=O)NC(C(=O)N(C)C)C(C)C)C(C)C. The molecule has 0 aromatic rings. The van der Waals surface area contributed by atoms with Gasteiger partial charge in [0, 0.05) is 25.9 Å². The molecule has 0 heterocycles. The zero-order chi connectivity index (χ0) is 24.4. The van der Waals surface area contributed by atoms with Gasteiger partial charge in [-0.25, -0.2) is 0 Å². The predicted octanol–water partition coefficient (Wildman–Crippen LogP) is 4.13. The molecule has 0 saturated heterocycles. The van der Waals surface area contributed by atoms with Gasteiger partial charge in [0.15, 0.2) is 0 Å². The number of ketones is 1. The number of nitrogens with one attached hydrogen (secondary N) is 1. The molecule has 2 unspecified atom stereocenters. The second kappa shape index (κ2) is 13.9. The quantitative estimate of drug-likeness (QED) is 0.390. The summed E-state index contributed by atoms with van der Waals surface area (Å²) >= 11 is 0. The first-order valence-electron chi connectivity index (χ1n) is 12.1. The van der Waals surface area contributed by atoms with Crippen LogP contribution < -0.4 is 5.32 Å². The van der Waals surface area contributed by atoms with Gasteiger partial charge in [-0.15, -0.1) is 0 Å². The Morgan fingerprint density at radius 3 is 1.84 bits per heavy atom. The molecule has 2 atom stereocenters. The Morgan fingerprint density at radius 2 is 1.42 bits per heavy atom. The Bertz CT molecular complexity index is 568. The number of unbranched alkanes of at least 4 members (excludes halogenated alkanes) is 2. The molecule has 0 saturated carbocycles. The largest absolute Gasteiger partial charge is 0.347 e. The maximum Gasteiger partial charge on any atom is 0.244 e. The highest BCUT2D eigenvalue weighted by Gasteiger charge is 2.32. The Balaban J connectivity index is 4.78. The molecule has 0 spiro atoms. The van der Waals surface area contributed by atoms with E-state index >= 15 is 0 Å². The number of carbonyl (C=O) groups excluding carboxylic acids is 3. The average Bonchev–Trinajstić information content (AvgIpc) is 2.69. The standard InChI is InChI=1S/C25H49N3O3/c1-11-25(7,12-2)20(29)16-14-13-15-17-28(10)22(19(5)6)23(30)26-21(18(3)4)24(31)27(8)9/h18-19,21-22H,11-17H2,1-10H3,(H,26,30). The molecular weight excluding hydrogens is 390 g/mol. The van der Waals surface area contributed by atoms with Crippen LogP contribution in [0, 0.1) is 17.3 Å². The summed E-state index contributed by atoms with van der Waals surface area (Å²) in [5.74, 6) is 0.346. The monoisotopic (exact) mass is 439 g/mol. The van der Waals surface area contributed by atoms with E-state index in [0.717, 1.165) is 38.6 Å². The van der Waals surface area contributed by atoms with Crippen molar-refractivity contribution < 1.29 is 14.4 Å². The summed E-state index contributed by atoms with van der Waals surface area (Å²) in [6.07, 6.45) is 5.24. The molecule has 182 valence electrons. The number of hydrogen-bond donors (Lipinski definition) is 1. The van der Waals surface area contributed by atoms with Crippen molar-refractivity contribution in [1.82, 2.24) is 15.1 Å². The summed E-state index contributed by atoms with van der Waals surface area (Å²) in [5.41, 5.74) is -0.186. The summed E-state index contributed by atoms with van der Waals surface area (Å²) in [6, 6.07) is -0.809. The van der Waals surface area contributed by atoms with Gasteiger partial charge in [-0.1, -0.05) is 54.9 Å². The fraction of sp³-hybridized carbons (Fsp3) is 0.880. The van der Waals surface area contributed by atoms with Gasteiger partial charge >= 0.3 is 0 Å². The van der Waals surface area contributed by atoms with Crippen LogP contribution in [0.25, 0.3) is 0 Å². The summed E-state index contributed by atoms with van der Waals surface area (Å²) in [4.78, 5) is 41.6. The maximum atomic E-state index is 13.1. The normalized spacial score (nSPS) is 14.1. The van der Waals surface area contributed by atoms with Crippen molar-refractivity contribution in [3.8, 4) is 0 Å². The number of likely N-dealkylation sites (N-methyl/N-ethyl adjacent to an activating group) is 2. The van der Waals surface area contributed by atoms with Gasteiger partial charge in [-0.2, -0.15) is 0 Å². The third-order valence-corrected chi connectivity index (χ3v) is 6.69. The van der Waals surface area contributed by atoms with Crippen LogP contribution in [0.5, 0.6) is 0 Å². The smallest absolute Gasteiger partial charge is 0.244 e. The second-order valence-electron chi connectivity index (χ2n) is 10.1.